The van der Waals surface area contributed by atoms with E-state index in [0.717, 1.165) is 10.6 Å². The zero-order valence-corrected chi connectivity index (χ0v) is 14.3. The van der Waals surface area contributed by atoms with Crippen molar-refractivity contribution in [2.24, 2.45) is 0 Å². The number of carbonyl (C=O) groups is 1. The van der Waals surface area contributed by atoms with E-state index in [2.05, 4.69) is 20.6 Å². The molecule has 3 rings (SSSR count). The molecule has 24 heavy (non-hydrogen) atoms. The number of hydrogen-bond acceptors (Lipinski definition) is 7. The van der Waals surface area contributed by atoms with E-state index in [9.17, 15) is 13.2 Å². The van der Waals surface area contributed by atoms with Crippen LogP contribution in [0.1, 0.15) is 10.6 Å². The molecule has 2 N–H and O–H groups in total. The number of nitrogens with zero attached hydrogens (tertiary/aromatic N) is 4. The quantitative estimate of drug-likeness (QED) is 0.687. The zero-order chi connectivity index (χ0) is 17.2. The minimum atomic E-state index is -3.88. The Balaban J connectivity index is 1.53. The van der Waals surface area contributed by atoms with Crippen molar-refractivity contribution < 1.29 is 13.2 Å². The smallest absolute Gasteiger partial charge is 0.328 e. The Bertz CT molecular complexity index is 933. The van der Waals surface area contributed by atoms with E-state index in [-0.39, 0.29) is 11.4 Å². The summed E-state index contributed by atoms with van der Waals surface area (Å²) in [5, 5.41) is 15.0. The van der Waals surface area contributed by atoms with Gasteiger partial charge in [-0.15, -0.1) is 10.2 Å². The van der Waals surface area contributed by atoms with E-state index < -0.39 is 16.1 Å². The first kappa shape index (κ1) is 16.3. The molecule has 0 radical (unpaired) electrons. The van der Waals surface area contributed by atoms with Crippen LogP contribution < -0.4 is 10.0 Å². The molecule has 2 amide bonds. The topological polar surface area (TPSA) is 118 Å². The normalized spacial score (nSPS) is 11.5. The third kappa shape index (κ3) is 3.68. The highest BCUT2D eigenvalue weighted by atomic mass is 32.2. The summed E-state index contributed by atoms with van der Waals surface area (Å²) in [6, 6.07) is 5.45. The number of rotatable bonds is 5. The van der Waals surface area contributed by atoms with Gasteiger partial charge in [-0.25, -0.2) is 17.9 Å². The molecule has 1 aromatic carbocycles. The number of benzene rings is 1. The Morgan fingerprint density at radius 2 is 2.04 bits per heavy atom. The van der Waals surface area contributed by atoms with Crippen LogP contribution >= 0.6 is 11.3 Å². The zero-order valence-electron chi connectivity index (χ0n) is 12.6. The van der Waals surface area contributed by atoms with Crippen molar-refractivity contribution >= 4 is 32.4 Å². The average molecular weight is 366 g/mol. The molecule has 0 aliphatic rings. The second-order valence-corrected chi connectivity index (χ2v) is 7.70. The van der Waals surface area contributed by atoms with Gasteiger partial charge < -0.3 is 5.32 Å². The van der Waals surface area contributed by atoms with E-state index in [1.54, 1.807) is 16.6 Å². The maximum absolute atomic E-state index is 12.1. The lowest BCUT2D eigenvalue weighted by molar-refractivity contribution is 0.246. The summed E-state index contributed by atoms with van der Waals surface area (Å²) in [5.41, 5.74) is 0.934. The van der Waals surface area contributed by atoms with Crippen molar-refractivity contribution in [2.45, 2.75) is 18.2 Å². The van der Waals surface area contributed by atoms with Crippen LogP contribution in [0.2, 0.25) is 0 Å². The number of nitrogens with one attached hydrogen (secondary N) is 2. The number of aryl methyl sites for hydroxylation is 1. The van der Waals surface area contributed by atoms with Crippen molar-refractivity contribution in [2.75, 3.05) is 6.54 Å². The molecule has 0 fully saturated rings. The predicted molar refractivity (Wildman–Crippen MR) is 87.3 cm³/mol. The number of aromatic nitrogens is 4. The van der Waals surface area contributed by atoms with E-state index in [1.807, 2.05) is 11.6 Å². The number of hydrogen-bond donors (Lipinski definition) is 2. The van der Waals surface area contributed by atoms with Crippen LogP contribution in [0.25, 0.3) is 4.96 Å². The summed E-state index contributed by atoms with van der Waals surface area (Å²) >= 11 is 1.36. The summed E-state index contributed by atoms with van der Waals surface area (Å²) in [6.07, 6.45) is 1.95. The summed E-state index contributed by atoms with van der Waals surface area (Å²) < 4.78 is 27.7. The molecule has 2 heterocycles. The molecule has 0 bridgehead atoms. The molecule has 0 atom stereocenters. The van der Waals surface area contributed by atoms with Crippen LogP contribution in [0.4, 0.5) is 4.79 Å². The van der Waals surface area contributed by atoms with Gasteiger partial charge in [0.2, 0.25) is 4.96 Å². The first-order valence-corrected chi connectivity index (χ1v) is 9.27. The van der Waals surface area contributed by atoms with Gasteiger partial charge in [0, 0.05) is 13.0 Å². The fourth-order valence-electron chi connectivity index (χ4n) is 1.92. The second kappa shape index (κ2) is 6.53. The van der Waals surface area contributed by atoms with Crippen LogP contribution in [0, 0.1) is 6.92 Å². The molecule has 0 spiro atoms. The fraction of sp³-hybridized carbons (Fsp3) is 0.231. The van der Waals surface area contributed by atoms with Gasteiger partial charge in [-0.3, -0.25) is 0 Å². The predicted octanol–water partition coefficient (Wildman–Crippen LogP) is 0.725. The van der Waals surface area contributed by atoms with Crippen LogP contribution in [0.3, 0.4) is 0 Å². The van der Waals surface area contributed by atoms with Crippen molar-refractivity contribution in [1.82, 2.24) is 29.9 Å². The van der Waals surface area contributed by atoms with Crippen LogP contribution in [-0.2, 0) is 16.4 Å². The molecule has 126 valence electrons. The second-order valence-electron chi connectivity index (χ2n) is 4.98. The third-order valence-electron chi connectivity index (χ3n) is 3.11. The van der Waals surface area contributed by atoms with Gasteiger partial charge in [0.05, 0.1) is 4.90 Å². The van der Waals surface area contributed by atoms with Crippen LogP contribution in [0.15, 0.2) is 35.5 Å². The number of urea groups is 1. The van der Waals surface area contributed by atoms with Crippen molar-refractivity contribution in [3.63, 3.8) is 0 Å². The average Bonchev–Trinajstić information content (AvgIpc) is 3.08. The highest BCUT2D eigenvalue weighted by molar-refractivity contribution is 7.90. The van der Waals surface area contributed by atoms with Gasteiger partial charge in [0.15, 0.2) is 0 Å². The van der Waals surface area contributed by atoms with Crippen molar-refractivity contribution in [1.29, 1.82) is 0 Å². The van der Waals surface area contributed by atoms with Crippen molar-refractivity contribution in [3.8, 4) is 0 Å². The Morgan fingerprint density at radius 3 is 2.75 bits per heavy atom. The van der Waals surface area contributed by atoms with E-state index in [4.69, 9.17) is 0 Å². The third-order valence-corrected chi connectivity index (χ3v) is 5.43. The van der Waals surface area contributed by atoms with E-state index >= 15 is 0 Å². The van der Waals surface area contributed by atoms with Crippen LogP contribution in [0.5, 0.6) is 0 Å². The van der Waals surface area contributed by atoms with Gasteiger partial charge in [-0.1, -0.05) is 29.0 Å². The Morgan fingerprint density at radius 1 is 1.29 bits per heavy atom. The lowest BCUT2D eigenvalue weighted by atomic mass is 10.2. The molecule has 11 heteroatoms. The maximum atomic E-state index is 12.1. The monoisotopic (exact) mass is 366 g/mol. The van der Waals surface area contributed by atoms with E-state index in [0.29, 0.717) is 11.4 Å². The highest BCUT2D eigenvalue weighted by Crippen LogP contribution is 2.12. The van der Waals surface area contributed by atoms with Gasteiger partial charge in [0.1, 0.15) is 11.3 Å². The standard InChI is InChI=1S/C13H14N6O3S2/c1-9-2-4-10(5-3-9)24(21,22)18-12(20)14-7-6-11-17-19-8-15-16-13(19)23-11/h2-5,8H,6-7H2,1H3,(H2,14,18,20). The summed E-state index contributed by atoms with van der Waals surface area (Å²) in [5.74, 6) is 0. The lowest BCUT2D eigenvalue weighted by Crippen LogP contribution is -2.40. The first-order valence-electron chi connectivity index (χ1n) is 6.97. The number of carbonyl (C=O) groups excluding carboxylic acids is 1. The molecule has 2 aromatic heterocycles. The minimum Gasteiger partial charge on any atom is -0.337 e. The first-order chi connectivity index (χ1) is 11.4. The Hall–Kier alpha value is -2.53. The molecule has 0 saturated heterocycles. The molecule has 0 saturated carbocycles. The lowest BCUT2D eigenvalue weighted by Gasteiger charge is -2.08. The molecule has 3 aromatic rings. The number of fused-ring (bicyclic) bond motifs is 1. The van der Waals surface area contributed by atoms with Gasteiger partial charge in [-0.2, -0.15) is 9.61 Å². The SMILES string of the molecule is Cc1ccc(S(=O)(=O)NC(=O)NCCc2nn3cnnc3s2)cc1. The maximum Gasteiger partial charge on any atom is 0.328 e. The minimum absolute atomic E-state index is 0.0388. The Labute approximate surface area is 141 Å². The van der Waals surface area contributed by atoms with Crippen molar-refractivity contribution in [3.05, 3.63) is 41.2 Å². The molecule has 9 nitrogen and oxygen atoms in total. The highest BCUT2D eigenvalue weighted by Gasteiger charge is 2.17. The Kier molecular flexibility index (Phi) is 4.44. The van der Waals surface area contributed by atoms with E-state index in [1.165, 1.54) is 29.8 Å². The molecular formula is C13H14N6O3S2. The number of amides is 2. The summed E-state index contributed by atoms with van der Waals surface area (Å²) in [7, 11) is -3.88. The summed E-state index contributed by atoms with van der Waals surface area (Å²) in [4.78, 5) is 12.5. The fourth-order valence-corrected chi connectivity index (χ4v) is 3.66. The van der Waals surface area contributed by atoms with Crippen LogP contribution in [-0.4, -0.2) is 40.8 Å². The number of sulfonamides is 1. The molecular weight excluding hydrogens is 352 g/mol. The van der Waals surface area contributed by atoms with Gasteiger partial charge in [-0.05, 0) is 19.1 Å². The van der Waals surface area contributed by atoms with Gasteiger partial charge in [0.25, 0.3) is 10.0 Å². The summed E-state index contributed by atoms with van der Waals surface area (Å²) in [6.45, 7) is 2.10. The molecule has 0 unspecified atom stereocenters. The largest absolute Gasteiger partial charge is 0.337 e. The molecule has 0 aliphatic heterocycles. The molecule has 0 aliphatic carbocycles. The van der Waals surface area contributed by atoms with Gasteiger partial charge >= 0.3 is 6.03 Å².